The molecule has 1 N–H and O–H groups in total. The van der Waals surface area contributed by atoms with E-state index in [4.69, 9.17) is 4.74 Å². The lowest BCUT2D eigenvalue weighted by Crippen LogP contribution is -2.28. The van der Waals surface area contributed by atoms with E-state index >= 15 is 0 Å². The Balaban J connectivity index is 1.65. The molecular formula is C36H43N7O4S. The largest absolute Gasteiger partial charge is 0.492 e. The molecule has 12 heteroatoms. The monoisotopic (exact) mass is 669 g/mol. The standard InChI is InChI=1S/C36H43N7O4S/c1-23-16-17-24(18-29(23)42-22-28(38-40-42)31-21-37-34(41(31)8)36(5,6)7)33(44)43(26-14-12-11-13-15-26)30-20-25(35(2,3)4)19-27(32(30)47-9)39-48(10,45)46/h11-22,39H,1-10H3. The molecule has 0 fully saturated rings. The van der Waals surface area contributed by atoms with Gasteiger partial charge in [-0.15, -0.1) is 5.10 Å². The first-order valence-corrected chi connectivity index (χ1v) is 17.4. The Bertz CT molecular complexity index is 2090. The quantitative estimate of drug-likeness (QED) is 0.190. The molecule has 0 saturated heterocycles. The zero-order chi connectivity index (χ0) is 35.2. The minimum atomic E-state index is -3.67. The highest BCUT2D eigenvalue weighted by Gasteiger charge is 2.29. The maximum atomic E-state index is 14.7. The third kappa shape index (κ3) is 6.98. The van der Waals surface area contributed by atoms with Gasteiger partial charge in [-0.2, -0.15) is 0 Å². The zero-order valence-corrected chi connectivity index (χ0v) is 30.0. The van der Waals surface area contributed by atoms with Crippen LogP contribution in [0.15, 0.2) is 73.1 Å². The Morgan fingerprint density at radius 1 is 0.958 bits per heavy atom. The highest BCUT2D eigenvalue weighted by Crippen LogP contribution is 2.44. The van der Waals surface area contributed by atoms with Crippen molar-refractivity contribution in [2.24, 2.45) is 7.05 Å². The van der Waals surface area contributed by atoms with Gasteiger partial charge in [-0.25, -0.2) is 18.1 Å². The fourth-order valence-electron chi connectivity index (χ4n) is 5.61. The van der Waals surface area contributed by atoms with E-state index < -0.39 is 10.0 Å². The molecule has 2 aromatic heterocycles. The van der Waals surface area contributed by atoms with Gasteiger partial charge in [0.2, 0.25) is 10.0 Å². The van der Waals surface area contributed by atoms with Gasteiger partial charge >= 0.3 is 0 Å². The summed E-state index contributed by atoms with van der Waals surface area (Å²) < 4.78 is 36.9. The molecule has 5 aromatic rings. The summed E-state index contributed by atoms with van der Waals surface area (Å²) in [5, 5.41) is 8.87. The van der Waals surface area contributed by atoms with Crippen LogP contribution >= 0.6 is 0 Å². The molecule has 11 nitrogen and oxygen atoms in total. The van der Waals surface area contributed by atoms with Crippen LogP contribution in [-0.2, 0) is 27.9 Å². The summed E-state index contributed by atoms with van der Waals surface area (Å²) >= 11 is 0. The summed E-state index contributed by atoms with van der Waals surface area (Å²) in [5.41, 5.74) is 4.92. The average Bonchev–Trinajstić information content (AvgIpc) is 3.63. The number of sulfonamides is 1. The van der Waals surface area contributed by atoms with Crippen molar-refractivity contribution >= 4 is 33.0 Å². The van der Waals surface area contributed by atoms with E-state index in [1.165, 1.54) is 7.11 Å². The third-order valence-corrected chi connectivity index (χ3v) is 8.60. The van der Waals surface area contributed by atoms with Crippen molar-refractivity contribution in [3.63, 3.8) is 0 Å². The first kappa shape index (κ1) is 34.4. The number of para-hydroxylation sites is 1. The van der Waals surface area contributed by atoms with Gasteiger partial charge in [0, 0.05) is 23.7 Å². The number of methoxy groups -OCH3 is 1. The van der Waals surface area contributed by atoms with E-state index in [0.717, 1.165) is 28.9 Å². The second-order valence-corrected chi connectivity index (χ2v) is 15.8. The number of nitrogens with one attached hydrogen (secondary N) is 1. The summed E-state index contributed by atoms with van der Waals surface area (Å²) in [6.45, 7) is 14.3. The van der Waals surface area contributed by atoms with Crippen LogP contribution in [0.25, 0.3) is 17.1 Å². The molecule has 0 aliphatic heterocycles. The summed E-state index contributed by atoms with van der Waals surface area (Å²) in [6.07, 6.45) is 4.70. The molecule has 0 atom stereocenters. The van der Waals surface area contributed by atoms with Gasteiger partial charge in [-0.05, 0) is 59.9 Å². The SMILES string of the molecule is COc1c(NS(C)(=O)=O)cc(C(C)(C)C)cc1N(C(=O)c1ccc(C)c(-n2cc(-c3cnc(C(C)(C)C)n3C)nn2)c1)c1ccccc1. The van der Waals surface area contributed by atoms with Crippen molar-refractivity contribution in [3.8, 4) is 22.8 Å². The number of nitrogens with zero attached hydrogens (tertiary/aromatic N) is 6. The number of carbonyl (C=O) groups excluding carboxylic acids is 1. The fourth-order valence-corrected chi connectivity index (χ4v) is 6.16. The number of benzene rings is 3. The van der Waals surface area contributed by atoms with Crippen molar-refractivity contribution in [2.75, 3.05) is 23.0 Å². The van der Waals surface area contributed by atoms with Gasteiger partial charge < -0.3 is 9.30 Å². The number of carbonyl (C=O) groups is 1. The molecule has 0 radical (unpaired) electrons. The first-order chi connectivity index (χ1) is 22.4. The van der Waals surface area contributed by atoms with Crippen molar-refractivity contribution in [1.29, 1.82) is 0 Å². The molecule has 0 saturated carbocycles. The number of hydrogen-bond donors (Lipinski definition) is 1. The smallest absolute Gasteiger partial charge is 0.263 e. The average molecular weight is 670 g/mol. The lowest BCUT2D eigenvalue weighted by Gasteiger charge is -2.29. The summed E-state index contributed by atoms with van der Waals surface area (Å²) in [7, 11) is -0.257. The van der Waals surface area contributed by atoms with Gasteiger partial charge in [-0.3, -0.25) is 14.4 Å². The first-order valence-electron chi connectivity index (χ1n) is 15.5. The Morgan fingerprint density at radius 3 is 2.23 bits per heavy atom. The Hall–Kier alpha value is -4.97. The number of aromatic nitrogens is 5. The lowest BCUT2D eigenvalue weighted by molar-refractivity contribution is 0.0998. The second kappa shape index (κ2) is 12.6. The minimum Gasteiger partial charge on any atom is -0.492 e. The molecule has 1 amide bonds. The van der Waals surface area contributed by atoms with Crippen LogP contribution in [-0.4, -0.2) is 52.2 Å². The highest BCUT2D eigenvalue weighted by atomic mass is 32.2. The highest BCUT2D eigenvalue weighted by molar-refractivity contribution is 7.92. The molecule has 2 heterocycles. The van der Waals surface area contributed by atoms with Crippen LogP contribution in [0.2, 0.25) is 0 Å². The maximum absolute atomic E-state index is 14.7. The van der Waals surface area contributed by atoms with E-state index in [0.29, 0.717) is 28.3 Å². The third-order valence-electron chi connectivity index (χ3n) is 8.01. The number of rotatable bonds is 8. The van der Waals surface area contributed by atoms with Crippen LogP contribution in [0.5, 0.6) is 5.75 Å². The lowest BCUT2D eigenvalue weighted by atomic mass is 9.86. The Kier molecular flexibility index (Phi) is 9.00. The Morgan fingerprint density at radius 2 is 1.65 bits per heavy atom. The van der Waals surface area contributed by atoms with Gasteiger partial charge in [-0.1, -0.05) is 71.0 Å². The van der Waals surface area contributed by atoms with Crippen LogP contribution in [0.4, 0.5) is 17.1 Å². The molecule has 0 spiro atoms. The number of aryl methyl sites for hydroxylation is 1. The van der Waals surface area contributed by atoms with Gasteiger partial charge in [0.1, 0.15) is 11.5 Å². The van der Waals surface area contributed by atoms with Gasteiger partial charge in [0.05, 0.1) is 48.5 Å². The number of amides is 1. The fraction of sp³-hybridized carbons (Fsp3) is 0.333. The maximum Gasteiger partial charge on any atom is 0.263 e. The van der Waals surface area contributed by atoms with Gasteiger partial charge in [0.25, 0.3) is 5.91 Å². The predicted molar refractivity (Wildman–Crippen MR) is 190 cm³/mol. The van der Waals surface area contributed by atoms with E-state index in [9.17, 15) is 13.2 Å². The summed E-state index contributed by atoms with van der Waals surface area (Å²) in [4.78, 5) is 20.9. The molecule has 0 unspecified atom stereocenters. The number of imidazole rings is 1. The van der Waals surface area contributed by atoms with Crippen LogP contribution < -0.4 is 14.4 Å². The molecule has 0 bridgehead atoms. The minimum absolute atomic E-state index is 0.143. The normalized spacial score (nSPS) is 12.2. The van der Waals surface area contributed by atoms with E-state index in [2.05, 4.69) is 40.8 Å². The molecular weight excluding hydrogens is 627 g/mol. The van der Waals surface area contributed by atoms with Crippen LogP contribution in [0.3, 0.4) is 0 Å². The molecule has 5 rings (SSSR count). The molecule has 0 aliphatic rings. The molecule has 48 heavy (non-hydrogen) atoms. The predicted octanol–water partition coefficient (Wildman–Crippen LogP) is 6.93. The van der Waals surface area contributed by atoms with Crippen molar-refractivity contribution in [1.82, 2.24) is 24.5 Å². The molecule has 3 aromatic carbocycles. The second-order valence-electron chi connectivity index (χ2n) is 14.0. The van der Waals surface area contributed by atoms with E-state index in [-0.39, 0.29) is 28.2 Å². The van der Waals surface area contributed by atoms with Crippen molar-refractivity contribution in [2.45, 2.75) is 59.3 Å². The van der Waals surface area contributed by atoms with E-state index in [1.807, 2.05) is 88.0 Å². The summed E-state index contributed by atoms with van der Waals surface area (Å²) in [6, 6.07) is 18.2. The summed E-state index contributed by atoms with van der Waals surface area (Å²) in [5.74, 6) is 0.793. The topological polar surface area (TPSA) is 124 Å². The molecule has 0 aliphatic carbocycles. The number of anilines is 3. The Labute approximate surface area is 282 Å². The van der Waals surface area contributed by atoms with Crippen LogP contribution in [0.1, 0.15) is 68.9 Å². The molecule has 252 valence electrons. The van der Waals surface area contributed by atoms with Crippen molar-refractivity contribution in [3.05, 3.63) is 95.6 Å². The van der Waals surface area contributed by atoms with Crippen molar-refractivity contribution < 1.29 is 17.9 Å². The van der Waals surface area contributed by atoms with Crippen LogP contribution in [0, 0.1) is 6.92 Å². The van der Waals surface area contributed by atoms with Gasteiger partial charge in [0.15, 0.2) is 5.75 Å². The number of hydrogen-bond acceptors (Lipinski definition) is 7. The van der Waals surface area contributed by atoms with E-state index in [1.54, 1.807) is 34.0 Å². The zero-order valence-electron chi connectivity index (χ0n) is 29.2. The number of ether oxygens (including phenoxy) is 1.